The number of halogens is 3. The fraction of sp³-hybridized carbons (Fsp3) is 0.250. The quantitative estimate of drug-likeness (QED) is 0.864. The zero-order valence-corrected chi connectivity index (χ0v) is 12.6. The van der Waals surface area contributed by atoms with Gasteiger partial charge in [-0.2, -0.15) is 0 Å². The SMILES string of the molecule is CCC(O)(Cc1ccc(Br)cc1F)c1ccccc1F. The molecule has 4 heteroatoms. The Labute approximate surface area is 125 Å². The molecule has 1 N–H and O–H groups in total. The Morgan fingerprint density at radius 1 is 1.10 bits per heavy atom. The van der Waals surface area contributed by atoms with Crippen LogP contribution in [0.5, 0.6) is 0 Å². The van der Waals surface area contributed by atoms with Crippen molar-refractivity contribution in [3.8, 4) is 0 Å². The Hall–Kier alpha value is -1.26. The van der Waals surface area contributed by atoms with Crippen molar-refractivity contribution in [3.05, 3.63) is 69.7 Å². The predicted octanol–water partition coefficient (Wildman–Crippen LogP) is 4.57. The molecule has 1 nitrogen and oxygen atoms in total. The van der Waals surface area contributed by atoms with Crippen LogP contribution in [0.15, 0.2) is 46.9 Å². The largest absolute Gasteiger partial charge is 0.385 e. The first kappa shape index (κ1) is 15.1. The van der Waals surface area contributed by atoms with Crippen LogP contribution in [0, 0.1) is 11.6 Å². The van der Waals surface area contributed by atoms with Crippen LogP contribution >= 0.6 is 15.9 Å². The molecule has 0 saturated heterocycles. The van der Waals surface area contributed by atoms with E-state index in [1.165, 1.54) is 18.2 Å². The highest BCUT2D eigenvalue weighted by atomic mass is 79.9. The van der Waals surface area contributed by atoms with Crippen LogP contribution in [-0.2, 0) is 12.0 Å². The van der Waals surface area contributed by atoms with Crippen LogP contribution in [0.3, 0.4) is 0 Å². The molecular weight excluding hydrogens is 326 g/mol. The van der Waals surface area contributed by atoms with Crippen LogP contribution in [0.4, 0.5) is 8.78 Å². The Morgan fingerprint density at radius 2 is 1.80 bits per heavy atom. The molecule has 20 heavy (non-hydrogen) atoms. The molecule has 1 unspecified atom stereocenters. The first-order valence-electron chi connectivity index (χ1n) is 6.37. The lowest BCUT2D eigenvalue weighted by Gasteiger charge is -2.28. The van der Waals surface area contributed by atoms with Gasteiger partial charge in [-0.15, -0.1) is 0 Å². The predicted molar refractivity (Wildman–Crippen MR) is 78.4 cm³/mol. The van der Waals surface area contributed by atoms with Gasteiger partial charge in [0, 0.05) is 16.5 Å². The summed E-state index contributed by atoms with van der Waals surface area (Å²) in [5.41, 5.74) is -0.856. The minimum Gasteiger partial charge on any atom is -0.385 e. The lowest BCUT2D eigenvalue weighted by atomic mass is 9.84. The smallest absolute Gasteiger partial charge is 0.129 e. The van der Waals surface area contributed by atoms with Gasteiger partial charge in [0.1, 0.15) is 11.6 Å². The number of hydrogen-bond donors (Lipinski definition) is 1. The molecule has 0 spiro atoms. The van der Waals surface area contributed by atoms with Gasteiger partial charge in [-0.1, -0.05) is 47.1 Å². The second-order valence-electron chi connectivity index (χ2n) is 4.78. The van der Waals surface area contributed by atoms with Gasteiger partial charge in [0.25, 0.3) is 0 Å². The summed E-state index contributed by atoms with van der Waals surface area (Å²) in [6, 6.07) is 10.7. The second-order valence-corrected chi connectivity index (χ2v) is 5.69. The Kier molecular flexibility index (Phi) is 4.55. The molecule has 0 radical (unpaired) electrons. The summed E-state index contributed by atoms with van der Waals surface area (Å²) in [6.45, 7) is 1.75. The first-order valence-corrected chi connectivity index (χ1v) is 7.17. The van der Waals surface area contributed by atoms with E-state index < -0.39 is 17.2 Å². The average Bonchev–Trinajstić information content (AvgIpc) is 2.42. The van der Waals surface area contributed by atoms with Crippen LogP contribution in [0.1, 0.15) is 24.5 Å². The highest BCUT2D eigenvalue weighted by molar-refractivity contribution is 9.10. The molecule has 0 fully saturated rings. The molecule has 2 rings (SSSR count). The molecule has 1 atom stereocenters. The Balaban J connectivity index is 2.39. The lowest BCUT2D eigenvalue weighted by molar-refractivity contribution is 0.0283. The zero-order chi connectivity index (χ0) is 14.8. The van der Waals surface area contributed by atoms with Crippen molar-refractivity contribution in [1.82, 2.24) is 0 Å². The van der Waals surface area contributed by atoms with E-state index in [0.29, 0.717) is 16.5 Å². The average molecular weight is 341 g/mol. The normalized spacial score (nSPS) is 14.1. The molecule has 0 bridgehead atoms. The molecule has 2 aromatic rings. The van der Waals surface area contributed by atoms with E-state index in [2.05, 4.69) is 15.9 Å². The van der Waals surface area contributed by atoms with E-state index in [0.717, 1.165) is 0 Å². The van der Waals surface area contributed by atoms with Crippen molar-refractivity contribution >= 4 is 15.9 Å². The summed E-state index contributed by atoms with van der Waals surface area (Å²) in [5.74, 6) is -0.892. The van der Waals surface area contributed by atoms with Gasteiger partial charge in [-0.25, -0.2) is 8.78 Å². The molecule has 0 heterocycles. The molecular formula is C16H15BrF2O. The van der Waals surface area contributed by atoms with Crippen molar-refractivity contribution < 1.29 is 13.9 Å². The van der Waals surface area contributed by atoms with Crippen LogP contribution in [0.25, 0.3) is 0 Å². The zero-order valence-electron chi connectivity index (χ0n) is 11.0. The monoisotopic (exact) mass is 340 g/mol. The minimum atomic E-state index is -1.42. The molecule has 0 amide bonds. The van der Waals surface area contributed by atoms with E-state index >= 15 is 0 Å². The fourth-order valence-corrected chi connectivity index (χ4v) is 2.56. The van der Waals surface area contributed by atoms with Gasteiger partial charge < -0.3 is 5.11 Å². The summed E-state index contributed by atoms with van der Waals surface area (Å²) in [5, 5.41) is 10.7. The van der Waals surface area contributed by atoms with Crippen LogP contribution in [-0.4, -0.2) is 5.11 Å². The summed E-state index contributed by atoms with van der Waals surface area (Å²) in [7, 11) is 0. The molecule has 0 aliphatic rings. The van der Waals surface area contributed by atoms with Crippen LogP contribution in [0.2, 0.25) is 0 Å². The molecule has 2 aromatic carbocycles. The molecule has 0 aliphatic heterocycles. The van der Waals surface area contributed by atoms with Crippen molar-refractivity contribution in [3.63, 3.8) is 0 Å². The highest BCUT2D eigenvalue weighted by Gasteiger charge is 2.31. The lowest BCUT2D eigenvalue weighted by Crippen LogP contribution is -2.29. The summed E-state index contributed by atoms with van der Waals surface area (Å²) in [4.78, 5) is 0. The third-order valence-electron chi connectivity index (χ3n) is 3.46. The number of aliphatic hydroxyl groups is 1. The van der Waals surface area contributed by atoms with Gasteiger partial charge in [0.2, 0.25) is 0 Å². The van der Waals surface area contributed by atoms with E-state index in [-0.39, 0.29) is 12.0 Å². The van der Waals surface area contributed by atoms with Crippen molar-refractivity contribution in [2.75, 3.05) is 0 Å². The molecule has 0 saturated carbocycles. The van der Waals surface area contributed by atoms with Gasteiger partial charge >= 0.3 is 0 Å². The maximum Gasteiger partial charge on any atom is 0.129 e. The minimum absolute atomic E-state index is 0.0313. The molecule has 0 aromatic heterocycles. The van der Waals surface area contributed by atoms with Gasteiger partial charge in [-0.3, -0.25) is 0 Å². The maximum absolute atomic E-state index is 13.9. The summed E-state index contributed by atoms with van der Waals surface area (Å²) < 4.78 is 28.4. The molecule has 0 aliphatic carbocycles. The molecule has 106 valence electrons. The maximum atomic E-state index is 13.9. The number of rotatable bonds is 4. The highest BCUT2D eigenvalue weighted by Crippen LogP contribution is 2.32. The van der Waals surface area contributed by atoms with Gasteiger partial charge in [0.15, 0.2) is 0 Å². The Morgan fingerprint density at radius 3 is 2.40 bits per heavy atom. The number of hydrogen-bond acceptors (Lipinski definition) is 1. The van der Waals surface area contributed by atoms with E-state index in [1.54, 1.807) is 31.2 Å². The van der Waals surface area contributed by atoms with Gasteiger partial charge in [-0.05, 0) is 30.2 Å². The fourth-order valence-electron chi connectivity index (χ4n) is 2.23. The van der Waals surface area contributed by atoms with Crippen molar-refractivity contribution in [1.29, 1.82) is 0 Å². The van der Waals surface area contributed by atoms with Crippen molar-refractivity contribution in [2.45, 2.75) is 25.4 Å². The second kappa shape index (κ2) is 6.02. The summed E-state index contributed by atoms with van der Waals surface area (Å²) in [6.07, 6.45) is 0.326. The topological polar surface area (TPSA) is 20.2 Å². The number of benzene rings is 2. The first-order chi connectivity index (χ1) is 9.46. The van der Waals surface area contributed by atoms with Crippen LogP contribution < -0.4 is 0 Å². The van der Waals surface area contributed by atoms with Crippen molar-refractivity contribution in [2.24, 2.45) is 0 Å². The van der Waals surface area contributed by atoms with Gasteiger partial charge in [0.05, 0.1) is 5.60 Å². The summed E-state index contributed by atoms with van der Waals surface area (Å²) >= 11 is 3.19. The third-order valence-corrected chi connectivity index (χ3v) is 3.95. The van der Waals surface area contributed by atoms with E-state index in [4.69, 9.17) is 0 Å². The van der Waals surface area contributed by atoms with E-state index in [9.17, 15) is 13.9 Å². The third kappa shape index (κ3) is 3.07. The van der Waals surface area contributed by atoms with E-state index in [1.807, 2.05) is 0 Å². The standard InChI is InChI=1S/C16H15BrF2O/c1-2-16(20,13-5-3-4-6-14(13)18)10-11-7-8-12(17)9-15(11)19/h3-9,20H,2,10H2,1H3. The Bertz CT molecular complexity index is 615.